The summed E-state index contributed by atoms with van der Waals surface area (Å²) in [6.07, 6.45) is 4.01. The Hall–Kier alpha value is -1.69. The number of nitrogens with one attached hydrogen (secondary N) is 3. The van der Waals surface area contributed by atoms with Crippen LogP contribution in [0.3, 0.4) is 0 Å². The molecule has 8 nitrogen and oxygen atoms in total. The van der Waals surface area contributed by atoms with Gasteiger partial charge < -0.3 is 20.7 Å². The average Bonchev–Trinajstić information content (AvgIpc) is 3.29. The average molecular weight is 470 g/mol. The summed E-state index contributed by atoms with van der Waals surface area (Å²) in [5, 5.41) is 18.6. The number of nitrogens with zero attached hydrogens (tertiary/aromatic N) is 2. The van der Waals surface area contributed by atoms with Gasteiger partial charge in [0.1, 0.15) is 5.00 Å². The quantitative estimate of drug-likeness (QED) is 0.362. The third kappa shape index (κ3) is 6.16. The molecule has 0 saturated carbocycles. The van der Waals surface area contributed by atoms with Crippen molar-refractivity contribution in [2.24, 2.45) is 0 Å². The van der Waals surface area contributed by atoms with E-state index in [4.69, 9.17) is 4.74 Å². The first-order chi connectivity index (χ1) is 14.5. The van der Waals surface area contributed by atoms with E-state index in [2.05, 4.69) is 26.1 Å². The maximum absolute atomic E-state index is 12.8. The molecule has 2 aromatic heterocycles. The Morgan fingerprint density at radius 3 is 2.77 bits per heavy atom. The molecule has 2 amide bonds. The summed E-state index contributed by atoms with van der Waals surface area (Å²) < 4.78 is 5.75. The SMILES string of the molecule is COCCNC(=O)c1c(NC(=O)CSc2nnc(NC(C)C)s2)sc2c1CCCC2. The first-order valence-electron chi connectivity index (χ1n) is 9.92. The topological polar surface area (TPSA) is 105 Å². The van der Waals surface area contributed by atoms with Crippen LogP contribution in [0, 0.1) is 0 Å². The Kier molecular flexibility index (Phi) is 8.49. The van der Waals surface area contributed by atoms with Gasteiger partial charge in [-0.15, -0.1) is 21.5 Å². The highest BCUT2D eigenvalue weighted by Gasteiger charge is 2.26. The van der Waals surface area contributed by atoms with E-state index in [0.717, 1.165) is 40.7 Å². The molecule has 0 aliphatic heterocycles. The first-order valence-corrected chi connectivity index (χ1v) is 12.5. The van der Waals surface area contributed by atoms with Gasteiger partial charge in [0.25, 0.3) is 5.91 Å². The number of hydrogen-bond donors (Lipinski definition) is 3. The number of hydrogen-bond acceptors (Lipinski definition) is 9. The number of rotatable bonds is 10. The second-order valence-corrected chi connectivity index (χ2v) is 10.5. The predicted molar refractivity (Wildman–Crippen MR) is 123 cm³/mol. The summed E-state index contributed by atoms with van der Waals surface area (Å²) in [4.78, 5) is 26.6. The molecule has 0 saturated heterocycles. The standard InChI is InChI=1S/C19H27N5O3S3/c1-11(2)21-18-23-24-19(30-18)28-10-14(25)22-17-15(16(26)20-8-9-27-3)12-6-4-5-7-13(12)29-17/h11H,4-10H2,1-3H3,(H,20,26)(H,21,23)(H,22,25). The van der Waals surface area contributed by atoms with Crippen molar-refractivity contribution >= 4 is 56.4 Å². The number of anilines is 2. The van der Waals surface area contributed by atoms with Crippen molar-refractivity contribution in [1.82, 2.24) is 15.5 Å². The second-order valence-electron chi connectivity index (χ2n) is 7.17. The van der Waals surface area contributed by atoms with Crippen LogP contribution in [-0.4, -0.2) is 54.1 Å². The van der Waals surface area contributed by atoms with Crippen LogP contribution < -0.4 is 16.0 Å². The Morgan fingerprint density at radius 2 is 2.00 bits per heavy atom. The van der Waals surface area contributed by atoms with Gasteiger partial charge in [-0.1, -0.05) is 23.1 Å². The molecule has 1 aliphatic rings. The summed E-state index contributed by atoms with van der Waals surface area (Å²) in [6.45, 7) is 4.95. The fourth-order valence-electron chi connectivity index (χ4n) is 3.11. The Labute approximate surface area is 188 Å². The smallest absolute Gasteiger partial charge is 0.254 e. The lowest BCUT2D eigenvalue weighted by molar-refractivity contribution is -0.113. The summed E-state index contributed by atoms with van der Waals surface area (Å²) >= 11 is 4.29. The number of thiophene rings is 1. The van der Waals surface area contributed by atoms with Gasteiger partial charge in [-0.3, -0.25) is 9.59 Å². The van der Waals surface area contributed by atoms with Crippen LogP contribution in [0.15, 0.2) is 4.34 Å². The molecule has 0 spiro atoms. The third-order valence-corrected chi connectivity index (χ3v) is 7.58. The van der Waals surface area contributed by atoms with Crippen LogP contribution in [0.1, 0.15) is 47.5 Å². The van der Waals surface area contributed by atoms with Crippen molar-refractivity contribution < 1.29 is 14.3 Å². The molecular formula is C19H27N5O3S3. The van der Waals surface area contributed by atoms with E-state index < -0.39 is 0 Å². The molecule has 0 unspecified atom stereocenters. The van der Waals surface area contributed by atoms with Crippen LogP contribution in [0.5, 0.6) is 0 Å². The van der Waals surface area contributed by atoms with Gasteiger partial charge in [-0.05, 0) is 45.1 Å². The van der Waals surface area contributed by atoms with Crippen LogP contribution in [0.2, 0.25) is 0 Å². The van der Waals surface area contributed by atoms with Crippen molar-refractivity contribution in [2.75, 3.05) is 36.6 Å². The number of fused-ring (bicyclic) bond motifs is 1. The lowest BCUT2D eigenvalue weighted by Gasteiger charge is -2.13. The van der Waals surface area contributed by atoms with Crippen LogP contribution in [0.4, 0.5) is 10.1 Å². The molecule has 2 aromatic rings. The Balaban J connectivity index is 1.64. The monoisotopic (exact) mass is 469 g/mol. The molecule has 3 N–H and O–H groups in total. The highest BCUT2D eigenvalue weighted by atomic mass is 32.2. The fourth-order valence-corrected chi connectivity index (χ4v) is 6.11. The number of ether oxygens (including phenoxy) is 1. The normalized spacial score (nSPS) is 13.2. The van der Waals surface area contributed by atoms with E-state index >= 15 is 0 Å². The van der Waals surface area contributed by atoms with E-state index in [1.165, 1.54) is 39.3 Å². The van der Waals surface area contributed by atoms with Gasteiger partial charge in [0.15, 0.2) is 4.34 Å². The molecule has 1 aliphatic carbocycles. The largest absolute Gasteiger partial charge is 0.383 e. The lowest BCUT2D eigenvalue weighted by atomic mass is 9.95. The van der Waals surface area contributed by atoms with Gasteiger partial charge in [-0.2, -0.15) is 0 Å². The van der Waals surface area contributed by atoms with Gasteiger partial charge in [0, 0.05) is 24.6 Å². The minimum Gasteiger partial charge on any atom is -0.383 e. The summed E-state index contributed by atoms with van der Waals surface area (Å²) in [7, 11) is 1.60. The van der Waals surface area contributed by atoms with E-state index in [0.29, 0.717) is 23.7 Å². The summed E-state index contributed by atoms with van der Waals surface area (Å²) in [6, 6.07) is 0.275. The molecule has 0 atom stereocenters. The number of aromatic nitrogens is 2. The molecule has 164 valence electrons. The van der Waals surface area contributed by atoms with E-state index in [9.17, 15) is 9.59 Å². The highest BCUT2D eigenvalue weighted by molar-refractivity contribution is 8.01. The minimum atomic E-state index is -0.155. The molecule has 0 radical (unpaired) electrons. The molecule has 0 fully saturated rings. The van der Waals surface area contributed by atoms with Crippen molar-refractivity contribution in [2.45, 2.75) is 49.9 Å². The molecule has 0 aromatic carbocycles. The molecular weight excluding hydrogens is 442 g/mol. The number of methoxy groups -OCH3 is 1. The summed E-state index contributed by atoms with van der Waals surface area (Å²) in [5.74, 6) is -0.0927. The minimum absolute atomic E-state index is 0.150. The van der Waals surface area contributed by atoms with Gasteiger partial charge >= 0.3 is 0 Å². The van der Waals surface area contributed by atoms with Gasteiger partial charge in [0.2, 0.25) is 11.0 Å². The number of thioether (sulfide) groups is 1. The van der Waals surface area contributed by atoms with Crippen molar-refractivity contribution in [1.29, 1.82) is 0 Å². The zero-order valence-corrected chi connectivity index (χ0v) is 19.8. The maximum Gasteiger partial charge on any atom is 0.254 e. The molecule has 3 rings (SSSR count). The van der Waals surface area contributed by atoms with Gasteiger partial charge in [-0.25, -0.2) is 0 Å². The predicted octanol–water partition coefficient (Wildman–Crippen LogP) is 3.41. The maximum atomic E-state index is 12.8. The number of amides is 2. The third-order valence-electron chi connectivity index (χ3n) is 4.39. The number of aryl methyl sites for hydroxylation is 1. The number of carbonyl (C=O) groups is 2. The lowest BCUT2D eigenvalue weighted by Crippen LogP contribution is -2.29. The molecule has 0 bridgehead atoms. The number of carbonyl (C=O) groups excluding carboxylic acids is 2. The van der Waals surface area contributed by atoms with Crippen molar-refractivity contribution in [3.05, 3.63) is 16.0 Å². The van der Waals surface area contributed by atoms with Gasteiger partial charge in [0.05, 0.1) is 17.9 Å². The zero-order chi connectivity index (χ0) is 21.5. The molecule has 2 heterocycles. The summed E-state index contributed by atoms with van der Waals surface area (Å²) in [5.41, 5.74) is 1.70. The second kappa shape index (κ2) is 11.1. The first kappa shape index (κ1) is 23.0. The van der Waals surface area contributed by atoms with Crippen LogP contribution in [0.25, 0.3) is 0 Å². The Bertz CT molecular complexity index is 881. The molecule has 30 heavy (non-hydrogen) atoms. The Morgan fingerprint density at radius 1 is 1.20 bits per heavy atom. The molecule has 11 heteroatoms. The zero-order valence-electron chi connectivity index (χ0n) is 17.4. The van der Waals surface area contributed by atoms with E-state index in [-0.39, 0.29) is 23.6 Å². The van der Waals surface area contributed by atoms with Crippen molar-refractivity contribution in [3.63, 3.8) is 0 Å². The van der Waals surface area contributed by atoms with Crippen LogP contribution >= 0.6 is 34.4 Å². The highest BCUT2D eigenvalue weighted by Crippen LogP contribution is 2.38. The van der Waals surface area contributed by atoms with E-state index in [1.54, 1.807) is 7.11 Å². The van der Waals surface area contributed by atoms with E-state index in [1.807, 2.05) is 13.8 Å². The fraction of sp³-hybridized carbons (Fsp3) is 0.579. The van der Waals surface area contributed by atoms with Crippen LogP contribution in [-0.2, 0) is 22.4 Å². The van der Waals surface area contributed by atoms with Crippen molar-refractivity contribution in [3.8, 4) is 0 Å².